The van der Waals surface area contributed by atoms with Gasteiger partial charge in [-0.1, -0.05) is 57.9 Å². The predicted octanol–water partition coefficient (Wildman–Crippen LogP) is 7.53. The van der Waals surface area contributed by atoms with Crippen molar-refractivity contribution >= 4 is 0 Å². The highest BCUT2D eigenvalue weighted by Gasteiger charge is 2.26. The first kappa shape index (κ1) is 25.5. The van der Waals surface area contributed by atoms with Gasteiger partial charge in [-0.05, 0) is 48.8 Å². The summed E-state index contributed by atoms with van der Waals surface area (Å²) in [5.41, 5.74) is 3.01. The quantitative estimate of drug-likeness (QED) is 0.421. The summed E-state index contributed by atoms with van der Waals surface area (Å²) in [6.45, 7) is 7.09. The number of hydrogen-bond acceptors (Lipinski definition) is 3. The lowest BCUT2D eigenvalue weighted by Crippen LogP contribution is -2.28. The van der Waals surface area contributed by atoms with E-state index in [4.69, 9.17) is 14.2 Å². The van der Waals surface area contributed by atoms with Crippen molar-refractivity contribution in [3.8, 4) is 0 Å². The molecule has 2 aliphatic rings. The van der Waals surface area contributed by atoms with Crippen molar-refractivity contribution < 1.29 is 23.0 Å². The van der Waals surface area contributed by atoms with Crippen LogP contribution in [0.2, 0.25) is 0 Å². The predicted molar refractivity (Wildman–Crippen MR) is 121 cm³/mol. The Labute approximate surface area is 186 Å². The Morgan fingerprint density at radius 2 is 1.71 bits per heavy atom. The number of rotatable bonds is 8. The summed E-state index contributed by atoms with van der Waals surface area (Å²) in [5, 5.41) is 0. The van der Waals surface area contributed by atoms with Gasteiger partial charge in [-0.25, -0.2) is 8.78 Å². The zero-order valence-corrected chi connectivity index (χ0v) is 19.5. The summed E-state index contributed by atoms with van der Waals surface area (Å²) in [6.07, 6.45) is 6.91. The van der Waals surface area contributed by atoms with Gasteiger partial charge in [0.15, 0.2) is 17.9 Å². The molecule has 0 radical (unpaired) electrons. The molecular formula is C26H38F2O3. The largest absolute Gasteiger partial charge is 0.498 e. The number of halogens is 2. The molecule has 1 aliphatic heterocycles. The number of hydrogen-bond donors (Lipinski definition) is 0. The normalized spacial score (nSPS) is 21.6. The van der Waals surface area contributed by atoms with Crippen LogP contribution in [0.3, 0.4) is 0 Å². The van der Waals surface area contributed by atoms with E-state index in [0.717, 1.165) is 19.3 Å². The summed E-state index contributed by atoms with van der Waals surface area (Å²) in [6, 6.07) is 8.82. The monoisotopic (exact) mass is 436 g/mol. The molecule has 0 amide bonds. The number of ether oxygens (including phenoxy) is 3. The second-order valence-electron chi connectivity index (χ2n) is 8.26. The van der Waals surface area contributed by atoms with Crippen molar-refractivity contribution in [2.24, 2.45) is 0 Å². The SMILES string of the molecule is CCC.CCCCc1ccc(C2CCC(OCC3=C(F)C(F)=C(OC)CC3)OC2)cc1. The fraction of sp³-hybridized carbons (Fsp3) is 0.615. The maximum absolute atomic E-state index is 14.1. The Morgan fingerprint density at radius 1 is 1.00 bits per heavy atom. The van der Waals surface area contributed by atoms with Crippen molar-refractivity contribution in [3.63, 3.8) is 0 Å². The van der Waals surface area contributed by atoms with Crippen molar-refractivity contribution in [1.82, 2.24) is 0 Å². The summed E-state index contributed by atoms with van der Waals surface area (Å²) >= 11 is 0. The minimum Gasteiger partial charge on any atom is -0.498 e. The molecule has 0 bridgehead atoms. The smallest absolute Gasteiger partial charge is 0.196 e. The van der Waals surface area contributed by atoms with Crippen molar-refractivity contribution in [2.45, 2.75) is 84.3 Å². The van der Waals surface area contributed by atoms with Gasteiger partial charge in [0.2, 0.25) is 0 Å². The fourth-order valence-corrected chi connectivity index (χ4v) is 3.74. The minimum absolute atomic E-state index is 0.0533. The second kappa shape index (κ2) is 13.6. The van der Waals surface area contributed by atoms with Gasteiger partial charge in [0.1, 0.15) is 5.76 Å². The van der Waals surface area contributed by atoms with Crippen LogP contribution >= 0.6 is 0 Å². The van der Waals surface area contributed by atoms with Gasteiger partial charge in [0.05, 0.1) is 20.3 Å². The Hall–Kier alpha value is -1.72. The van der Waals surface area contributed by atoms with Gasteiger partial charge in [-0.2, -0.15) is 0 Å². The third-order valence-corrected chi connectivity index (χ3v) is 5.60. The fourth-order valence-electron chi connectivity index (χ4n) is 3.74. The molecule has 1 aromatic rings. The molecule has 1 fully saturated rings. The van der Waals surface area contributed by atoms with Gasteiger partial charge < -0.3 is 14.2 Å². The molecule has 3 nitrogen and oxygen atoms in total. The number of allylic oxidation sites excluding steroid dienone is 3. The molecule has 3 rings (SSSR count). The zero-order valence-electron chi connectivity index (χ0n) is 19.5. The van der Waals surface area contributed by atoms with Gasteiger partial charge in [0, 0.05) is 12.3 Å². The van der Waals surface area contributed by atoms with E-state index in [1.165, 1.54) is 37.5 Å². The number of methoxy groups -OCH3 is 1. The van der Waals surface area contributed by atoms with Crippen LogP contribution in [-0.2, 0) is 20.6 Å². The highest BCUT2D eigenvalue weighted by Crippen LogP contribution is 2.34. The maximum atomic E-state index is 14.1. The first-order valence-corrected chi connectivity index (χ1v) is 11.7. The molecule has 31 heavy (non-hydrogen) atoms. The lowest BCUT2D eigenvalue weighted by atomic mass is 9.92. The number of aryl methyl sites for hydroxylation is 1. The van der Waals surface area contributed by atoms with Gasteiger partial charge in [0.25, 0.3) is 0 Å². The van der Waals surface area contributed by atoms with Crippen LogP contribution < -0.4 is 0 Å². The lowest BCUT2D eigenvalue weighted by molar-refractivity contribution is -0.162. The van der Waals surface area contributed by atoms with Crippen molar-refractivity contribution in [1.29, 1.82) is 0 Å². The Bertz CT molecular complexity index is 717. The molecule has 1 aliphatic carbocycles. The van der Waals surface area contributed by atoms with Crippen LogP contribution in [-0.4, -0.2) is 26.6 Å². The third-order valence-electron chi connectivity index (χ3n) is 5.60. The molecule has 0 spiro atoms. The van der Waals surface area contributed by atoms with Gasteiger partial charge in [-0.3, -0.25) is 0 Å². The number of unbranched alkanes of at least 4 members (excludes halogenated alkanes) is 1. The minimum atomic E-state index is -0.903. The van der Waals surface area contributed by atoms with Crippen LogP contribution in [0.15, 0.2) is 47.3 Å². The summed E-state index contributed by atoms with van der Waals surface area (Å²) in [4.78, 5) is 0. The Kier molecular flexibility index (Phi) is 11.2. The number of benzene rings is 1. The van der Waals surface area contributed by atoms with Crippen molar-refractivity contribution in [3.05, 3.63) is 58.4 Å². The van der Waals surface area contributed by atoms with E-state index in [1.54, 1.807) is 0 Å². The van der Waals surface area contributed by atoms with Crippen LogP contribution in [0.25, 0.3) is 0 Å². The molecular weight excluding hydrogens is 398 g/mol. The zero-order chi connectivity index (χ0) is 22.6. The topological polar surface area (TPSA) is 27.7 Å². The van der Waals surface area contributed by atoms with Gasteiger partial charge in [-0.15, -0.1) is 0 Å². The van der Waals surface area contributed by atoms with Gasteiger partial charge >= 0.3 is 0 Å². The highest BCUT2D eigenvalue weighted by atomic mass is 19.2. The van der Waals surface area contributed by atoms with Crippen molar-refractivity contribution in [2.75, 3.05) is 20.3 Å². The molecule has 1 heterocycles. The van der Waals surface area contributed by atoms with E-state index in [0.29, 0.717) is 30.9 Å². The van der Waals surface area contributed by atoms with E-state index >= 15 is 0 Å². The average Bonchev–Trinajstić information content (AvgIpc) is 2.80. The first-order valence-electron chi connectivity index (χ1n) is 11.7. The molecule has 0 saturated carbocycles. The highest BCUT2D eigenvalue weighted by molar-refractivity contribution is 5.32. The van der Waals surface area contributed by atoms with Crippen LogP contribution in [0.4, 0.5) is 8.78 Å². The van der Waals surface area contributed by atoms with Crippen LogP contribution in [0, 0.1) is 0 Å². The molecule has 1 aromatic carbocycles. The van der Waals surface area contributed by atoms with E-state index in [9.17, 15) is 8.78 Å². The summed E-state index contributed by atoms with van der Waals surface area (Å²) < 4.78 is 44.3. The van der Waals surface area contributed by atoms with Crippen LogP contribution in [0.1, 0.15) is 82.8 Å². The molecule has 5 heteroatoms. The summed E-state index contributed by atoms with van der Waals surface area (Å²) in [5.74, 6) is -1.33. The third kappa shape index (κ3) is 7.73. The molecule has 0 aromatic heterocycles. The van der Waals surface area contributed by atoms with Crippen LogP contribution in [0.5, 0.6) is 0 Å². The standard InChI is InChI=1S/C23H30F2O3.C3H8/c1-3-4-5-16-6-8-17(9-7-16)18-11-13-21(27-14-18)28-15-19-10-12-20(26-2)23(25)22(19)24;1-3-2/h6-9,18,21H,3-5,10-15H2,1-2H3;3H2,1-2H3. The lowest BCUT2D eigenvalue weighted by Gasteiger charge is -2.30. The second-order valence-corrected chi connectivity index (χ2v) is 8.26. The van der Waals surface area contributed by atoms with E-state index in [2.05, 4.69) is 45.0 Å². The Morgan fingerprint density at radius 3 is 2.29 bits per heavy atom. The Balaban J connectivity index is 0.00000107. The molecule has 174 valence electrons. The average molecular weight is 437 g/mol. The maximum Gasteiger partial charge on any atom is 0.196 e. The van der Waals surface area contributed by atoms with E-state index in [-0.39, 0.29) is 18.7 Å². The molecule has 0 N–H and O–H groups in total. The molecule has 1 saturated heterocycles. The van der Waals surface area contributed by atoms with E-state index in [1.807, 2.05) is 0 Å². The molecule has 2 atom stereocenters. The summed E-state index contributed by atoms with van der Waals surface area (Å²) in [7, 11) is 1.36. The first-order chi connectivity index (χ1) is 15.0. The van der Waals surface area contributed by atoms with E-state index < -0.39 is 11.7 Å². The molecule has 2 unspecified atom stereocenters.